The van der Waals surface area contributed by atoms with Crippen LogP contribution in [0.1, 0.15) is 18.1 Å². The molecule has 0 amide bonds. The Kier molecular flexibility index (Phi) is 3.05. The van der Waals surface area contributed by atoms with Crippen LogP contribution in [0.2, 0.25) is 0 Å². The third kappa shape index (κ3) is 2.02. The number of nitrogens with zero attached hydrogens (tertiary/aromatic N) is 2. The third-order valence-corrected chi connectivity index (χ3v) is 3.47. The monoisotopic (exact) mass is 252 g/mol. The van der Waals surface area contributed by atoms with Crippen molar-refractivity contribution >= 4 is 5.52 Å². The maximum absolute atomic E-state index is 9.46. The lowest BCUT2D eigenvalue weighted by Crippen LogP contribution is -1.93. The first kappa shape index (κ1) is 11.9. The van der Waals surface area contributed by atoms with Crippen LogP contribution in [0.15, 0.2) is 48.9 Å². The van der Waals surface area contributed by atoms with Crippen LogP contribution >= 0.6 is 0 Å². The molecule has 1 N–H and O–H groups in total. The quantitative estimate of drug-likeness (QED) is 0.778. The first-order valence-corrected chi connectivity index (χ1v) is 6.48. The van der Waals surface area contributed by atoms with E-state index >= 15 is 0 Å². The summed E-state index contributed by atoms with van der Waals surface area (Å²) in [5.41, 5.74) is 5.26. The van der Waals surface area contributed by atoms with E-state index in [0.29, 0.717) is 0 Å². The molecule has 3 heteroatoms. The lowest BCUT2D eigenvalue weighted by Gasteiger charge is -2.07. The van der Waals surface area contributed by atoms with Gasteiger partial charge in [-0.3, -0.25) is 0 Å². The van der Waals surface area contributed by atoms with Crippen LogP contribution in [0.3, 0.4) is 0 Å². The number of hydrogen-bond acceptors (Lipinski definition) is 2. The summed E-state index contributed by atoms with van der Waals surface area (Å²) in [6.07, 6.45) is 4.73. The molecule has 2 heterocycles. The Morgan fingerprint density at radius 3 is 2.84 bits per heavy atom. The minimum atomic E-state index is 0.0722. The van der Waals surface area contributed by atoms with E-state index in [1.54, 1.807) is 0 Å². The summed E-state index contributed by atoms with van der Waals surface area (Å²) < 4.78 is 2.00. The SMILES string of the molecule is CCc1ccc(-c2ncn3ccccc23)cc1CO. The summed E-state index contributed by atoms with van der Waals surface area (Å²) in [5, 5.41) is 9.46. The molecule has 1 aromatic carbocycles. The van der Waals surface area contributed by atoms with Gasteiger partial charge in [-0.1, -0.05) is 25.1 Å². The Bertz CT molecular complexity index is 716. The summed E-state index contributed by atoms with van der Waals surface area (Å²) in [7, 11) is 0. The fraction of sp³-hybridized carbons (Fsp3) is 0.188. The summed E-state index contributed by atoms with van der Waals surface area (Å²) in [4.78, 5) is 4.48. The smallest absolute Gasteiger partial charge is 0.0999 e. The van der Waals surface area contributed by atoms with E-state index in [1.165, 1.54) is 5.56 Å². The lowest BCUT2D eigenvalue weighted by molar-refractivity contribution is 0.280. The third-order valence-electron chi connectivity index (χ3n) is 3.47. The van der Waals surface area contributed by atoms with Crippen LogP contribution in [0.4, 0.5) is 0 Å². The molecule has 0 radical (unpaired) electrons. The average molecular weight is 252 g/mol. The van der Waals surface area contributed by atoms with Crippen LogP contribution < -0.4 is 0 Å². The van der Waals surface area contributed by atoms with Gasteiger partial charge in [0, 0.05) is 11.8 Å². The normalized spacial score (nSPS) is 11.1. The number of pyridine rings is 1. The van der Waals surface area contributed by atoms with Gasteiger partial charge in [0.1, 0.15) is 0 Å². The van der Waals surface area contributed by atoms with Crippen molar-refractivity contribution in [3.05, 3.63) is 60.0 Å². The Morgan fingerprint density at radius 1 is 1.16 bits per heavy atom. The molecule has 2 aromatic heterocycles. The number of aliphatic hydroxyl groups is 1. The van der Waals surface area contributed by atoms with Crippen LogP contribution in [0, 0.1) is 0 Å². The largest absolute Gasteiger partial charge is 0.392 e. The molecule has 0 aliphatic carbocycles. The summed E-state index contributed by atoms with van der Waals surface area (Å²) in [6.45, 7) is 2.17. The summed E-state index contributed by atoms with van der Waals surface area (Å²) >= 11 is 0. The minimum Gasteiger partial charge on any atom is -0.392 e. The first-order valence-electron chi connectivity index (χ1n) is 6.48. The van der Waals surface area contributed by atoms with Gasteiger partial charge in [-0.15, -0.1) is 0 Å². The number of rotatable bonds is 3. The van der Waals surface area contributed by atoms with Gasteiger partial charge in [0.2, 0.25) is 0 Å². The maximum Gasteiger partial charge on any atom is 0.0999 e. The number of aliphatic hydroxyl groups excluding tert-OH is 1. The number of fused-ring (bicyclic) bond motifs is 1. The highest BCUT2D eigenvalue weighted by molar-refractivity contribution is 5.77. The van der Waals surface area contributed by atoms with Crippen molar-refractivity contribution in [2.24, 2.45) is 0 Å². The lowest BCUT2D eigenvalue weighted by atomic mass is 10.0. The number of aromatic nitrogens is 2. The van der Waals surface area contributed by atoms with Gasteiger partial charge >= 0.3 is 0 Å². The van der Waals surface area contributed by atoms with E-state index in [-0.39, 0.29) is 6.61 Å². The maximum atomic E-state index is 9.46. The standard InChI is InChI=1S/C16H16N2O/c1-2-12-6-7-13(9-14(12)10-19)16-15-5-3-4-8-18(15)11-17-16/h3-9,11,19H,2,10H2,1H3. The van der Waals surface area contributed by atoms with Gasteiger partial charge < -0.3 is 9.51 Å². The van der Waals surface area contributed by atoms with E-state index in [0.717, 1.165) is 28.8 Å². The fourth-order valence-electron chi connectivity index (χ4n) is 2.43. The summed E-state index contributed by atoms with van der Waals surface area (Å²) in [6, 6.07) is 12.2. The molecule has 0 aliphatic rings. The van der Waals surface area contributed by atoms with Gasteiger partial charge in [-0.05, 0) is 35.7 Å². The Hall–Kier alpha value is -2.13. The van der Waals surface area contributed by atoms with Crippen LogP contribution in [0.5, 0.6) is 0 Å². The van der Waals surface area contributed by atoms with Crippen molar-refractivity contribution in [1.29, 1.82) is 0 Å². The van der Waals surface area contributed by atoms with Gasteiger partial charge in [-0.2, -0.15) is 0 Å². The van der Waals surface area contributed by atoms with E-state index < -0.39 is 0 Å². The zero-order chi connectivity index (χ0) is 13.2. The molecular weight excluding hydrogens is 236 g/mol. The van der Waals surface area contributed by atoms with Gasteiger partial charge in [0.25, 0.3) is 0 Å². The van der Waals surface area contributed by atoms with Crippen LogP contribution in [0.25, 0.3) is 16.8 Å². The second kappa shape index (κ2) is 4.86. The number of hydrogen-bond donors (Lipinski definition) is 1. The summed E-state index contributed by atoms with van der Waals surface area (Å²) in [5.74, 6) is 0. The average Bonchev–Trinajstić information content (AvgIpc) is 2.90. The molecular formula is C16H16N2O. The van der Waals surface area contributed by atoms with Gasteiger partial charge in [0.15, 0.2) is 0 Å². The Balaban J connectivity index is 2.16. The number of imidazole rings is 1. The first-order chi connectivity index (χ1) is 9.33. The zero-order valence-electron chi connectivity index (χ0n) is 10.9. The molecule has 0 saturated heterocycles. The predicted octanol–water partition coefficient (Wildman–Crippen LogP) is 3.06. The number of aryl methyl sites for hydroxylation is 1. The molecule has 3 aromatic rings. The molecule has 3 rings (SSSR count). The van der Waals surface area contributed by atoms with Crippen molar-refractivity contribution in [3.8, 4) is 11.3 Å². The van der Waals surface area contributed by atoms with Crippen LogP contribution in [-0.4, -0.2) is 14.5 Å². The molecule has 0 spiro atoms. The predicted molar refractivity (Wildman–Crippen MR) is 75.9 cm³/mol. The fourth-order valence-corrected chi connectivity index (χ4v) is 2.43. The van der Waals surface area contributed by atoms with Crippen molar-refractivity contribution in [2.45, 2.75) is 20.0 Å². The van der Waals surface area contributed by atoms with Crippen molar-refractivity contribution < 1.29 is 5.11 Å². The Morgan fingerprint density at radius 2 is 2.05 bits per heavy atom. The van der Waals surface area contributed by atoms with E-state index in [1.807, 2.05) is 35.1 Å². The molecule has 19 heavy (non-hydrogen) atoms. The van der Waals surface area contributed by atoms with Crippen molar-refractivity contribution in [2.75, 3.05) is 0 Å². The molecule has 0 atom stereocenters. The second-order valence-corrected chi connectivity index (χ2v) is 4.58. The Labute approximate surface area is 112 Å². The second-order valence-electron chi connectivity index (χ2n) is 4.58. The van der Waals surface area contributed by atoms with E-state index in [4.69, 9.17) is 0 Å². The topological polar surface area (TPSA) is 37.5 Å². The van der Waals surface area contributed by atoms with E-state index in [9.17, 15) is 5.11 Å². The van der Waals surface area contributed by atoms with Gasteiger partial charge in [-0.25, -0.2) is 4.98 Å². The highest BCUT2D eigenvalue weighted by atomic mass is 16.3. The molecule has 0 fully saturated rings. The van der Waals surface area contributed by atoms with Crippen molar-refractivity contribution in [3.63, 3.8) is 0 Å². The highest BCUT2D eigenvalue weighted by Gasteiger charge is 2.08. The highest BCUT2D eigenvalue weighted by Crippen LogP contribution is 2.25. The molecule has 3 nitrogen and oxygen atoms in total. The van der Waals surface area contributed by atoms with Gasteiger partial charge in [0.05, 0.1) is 24.1 Å². The minimum absolute atomic E-state index is 0.0722. The molecule has 0 saturated carbocycles. The zero-order valence-corrected chi connectivity index (χ0v) is 10.9. The number of benzene rings is 1. The molecule has 0 unspecified atom stereocenters. The van der Waals surface area contributed by atoms with Crippen LogP contribution in [-0.2, 0) is 13.0 Å². The molecule has 0 aliphatic heterocycles. The molecule has 96 valence electrons. The van der Waals surface area contributed by atoms with Crippen molar-refractivity contribution in [1.82, 2.24) is 9.38 Å². The van der Waals surface area contributed by atoms with E-state index in [2.05, 4.69) is 30.1 Å². The molecule has 0 bridgehead atoms.